The molecule has 1 unspecified atom stereocenters. The van der Waals surface area contributed by atoms with Crippen LogP contribution >= 0.6 is 0 Å². The Labute approximate surface area is 376 Å². The molecule has 1 amide bonds. The minimum absolute atomic E-state index is 0.00801. The highest BCUT2D eigenvalue weighted by Gasteiger charge is 2.41. The molecular weight excluding hydrogens is 857 g/mol. The number of nitrogens with two attached hydrogens (primary N) is 1. The van der Waals surface area contributed by atoms with Crippen molar-refractivity contribution >= 4 is 33.1 Å². The number of rotatable bonds is 15. The summed E-state index contributed by atoms with van der Waals surface area (Å²) in [7, 11) is 0.0620. The standard InChI is InChI=1S/C46H52N8O8S2/c1-46(2,3)62-45(55)52-25-23-38(24-26-52)63(56)40-21-20-39(34-13-22-41(47)48-27-34)42(44-49-51-54(50-44)30-33-11-18-37(61-6)19-12-33)43(40)64(57,58)53(28-31-7-14-35(59-4)15-8-31)29-32-9-16-36(60-5)17-10-32/h7-22,27,38H,23-26,28-30H2,1-6H3,(H2,47,48). The second-order valence-corrected chi connectivity index (χ2v) is 19.8. The molecule has 1 aliphatic heterocycles. The van der Waals surface area contributed by atoms with Crippen molar-refractivity contribution in [1.82, 2.24) is 34.4 Å². The lowest BCUT2D eigenvalue weighted by Gasteiger charge is -2.34. The van der Waals surface area contributed by atoms with Crippen molar-refractivity contribution in [1.29, 1.82) is 0 Å². The number of nitrogens with zero attached hydrogens (tertiary/aromatic N) is 7. The van der Waals surface area contributed by atoms with E-state index < -0.39 is 38.1 Å². The van der Waals surface area contributed by atoms with Gasteiger partial charge in [0, 0.05) is 50.8 Å². The first kappa shape index (κ1) is 45.8. The summed E-state index contributed by atoms with van der Waals surface area (Å²) in [5.41, 5.74) is 8.57. The van der Waals surface area contributed by atoms with Crippen molar-refractivity contribution in [3.8, 4) is 39.8 Å². The zero-order chi connectivity index (χ0) is 45.6. The van der Waals surface area contributed by atoms with Gasteiger partial charge in [-0.1, -0.05) is 36.4 Å². The van der Waals surface area contributed by atoms with E-state index in [1.54, 1.807) is 126 Å². The Morgan fingerprint density at radius 2 is 1.36 bits per heavy atom. The third kappa shape index (κ3) is 10.8. The van der Waals surface area contributed by atoms with Gasteiger partial charge in [0.1, 0.15) is 38.8 Å². The Kier molecular flexibility index (Phi) is 14.1. The fraction of sp³-hybridized carbons (Fsp3) is 0.326. The second-order valence-electron chi connectivity index (χ2n) is 16.2. The Bertz CT molecular complexity index is 2580. The van der Waals surface area contributed by atoms with Crippen LogP contribution in [0.4, 0.5) is 10.6 Å². The van der Waals surface area contributed by atoms with E-state index in [0.717, 1.165) is 5.56 Å². The third-order valence-corrected chi connectivity index (χ3v) is 14.5. The molecule has 0 radical (unpaired) electrons. The van der Waals surface area contributed by atoms with Crippen LogP contribution in [0.2, 0.25) is 0 Å². The van der Waals surface area contributed by atoms with Crippen LogP contribution in [-0.4, -0.2) is 98.7 Å². The van der Waals surface area contributed by atoms with Gasteiger partial charge in [-0.05, 0) is 120 Å². The molecule has 0 aliphatic carbocycles. The van der Waals surface area contributed by atoms with Crippen LogP contribution in [-0.2, 0) is 45.6 Å². The number of benzene rings is 4. The molecule has 2 aromatic heterocycles. The summed E-state index contributed by atoms with van der Waals surface area (Å²) in [6.07, 6.45) is 1.76. The fourth-order valence-electron chi connectivity index (χ4n) is 7.29. The molecular formula is C46H52N8O8S2. The molecule has 18 heteroatoms. The number of sulfonamides is 1. The van der Waals surface area contributed by atoms with Gasteiger partial charge in [-0.2, -0.15) is 9.10 Å². The van der Waals surface area contributed by atoms with Crippen molar-refractivity contribution in [2.45, 2.75) is 73.9 Å². The van der Waals surface area contributed by atoms with Crippen molar-refractivity contribution in [2.24, 2.45) is 0 Å². The van der Waals surface area contributed by atoms with E-state index in [-0.39, 0.29) is 59.7 Å². The number of likely N-dealkylation sites (tertiary alicyclic amines) is 1. The largest absolute Gasteiger partial charge is 0.611 e. The third-order valence-electron chi connectivity index (χ3n) is 10.6. The first-order chi connectivity index (χ1) is 30.6. The number of hydrogen-bond acceptors (Lipinski definition) is 13. The lowest BCUT2D eigenvalue weighted by Crippen LogP contribution is -2.44. The van der Waals surface area contributed by atoms with Gasteiger partial charge in [0.25, 0.3) is 0 Å². The van der Waals surface area contributed by atoms with Gasteiger partial charge in [0.2, 0.25) is 15.8 Å². The van der Waals surface area contributed by atoms with Crippen molar-refractivity contribution in [2.75, 3.05) is 40.2 Å². The Hall–Kier alpha value is -6.21. The maximum absolute atomic E-state index is 16.0. The molecule has 3 heterocycles. The SMILES string of the molecule is COc1ccc(CN(Cc2ccc(OC)cc2)S(=O)(=O)c2c([S+]([O-])C3CCN(C(=O)OC(C)(C)C)CC3)ccc(-c3ccc(N)nc3)c2-c2nnn(Cc3ccc(OC)cc3)n2)cc1. The summed E-state index contributed by atoms with van der Waals surface area (Å²) in [5.74, 6) is 2.16. The molecule has 4 aromatic carbocycles. The summed E-state index contributed by atoms with van der Waals surface area (Å²) >= 11 is -1.92. The number of carbonyl (C=O) groups is 1. The predicted octanol–water partition coefficient (Wildman–Crippen LogP) is 6.96. The van der Waals surface area contributed by atoms with E-state index in [0.29, 0.717) is 52.3 Å². The number of anilines is 1. The van der Waals surface area contributed by atoms with Crippen molar-refractivity contribution in [3.63, 3.8) is 0 Å². The Morgan fingerprint density at radius 3 is 1.86 bits per heavy atom. The topological polar surface area (TPSA) is 200 Å². The summed E-state index contributed by atoms with van der Waals surface area (Å²) < 4.78 is 70.3. The quantitative estimate of drug-likeness (QED) is 0.104. The molecule has 7 rings (SSSR count). The molecule has 0 bridgehead atoms. The van der Waals surface area contributed by atoms with Crippen LogP contribution in [0.1, 0.15) is 50.3 Å². The van der Waals surface area contributed by atoms with Gasteiger partial charge >= 0.3 is 6.09 Å². The molecule has 6 aromatic rings. The van der Waals surface area contributed by atoms with Crippen LogP contribution in [0, 0.1) is 0 Å². The van der Waals surface area contributed by atoms with E-state index in [4.69, 9.17) is 29.8 Å². The maximum Gasteiger partial charge on any atom is 0.410 e. The molecule has 336 valence electrons. The maximum atomic E-state index is 16.0. The molecule has 16 nitrogen and oxygen atoms in total. The van der Waals surface area contributed by atoms with E-state index in [2.05, 4.69) is 15.3 Å². The number of ether oxygens (including phenoxy) is 4. The van der Waals surface area contributed by atoms with Gasteiger partial charge in [0.15, 0.2) is 4.90 Å². The van der Waals surface area contributed by atoms with Crippen molar-refractivity contribution in [3.05, 3.63) is 120 Å². The molecule has 64 heavy (non-hydrogen) atoms. The Morgan fingerprint density at radius 1 is 0.812 bits per heavy atom. The smallest absolute Gasteiger partial charge is 0.410 e. The molecule has 0 saturated carbocycles. The number of hydrogen-bond donors (Lipinski definition) is 1. The van der Waals surface area contributed by atoms with Crippen molar-refractivity contribution < 1.29 is 36.7 Å². The predicted molar refractivity (Wildman–Crippen MR) is 243 cm³/mol. The van der Waals surface area contributed by atoms with Gasteiger partial charge in [-0.25, -0.2) is 18.2 Å². The lowest BCUT2D eigenvalue weighted by atomic mass is 10.0. The molecule has 0 spiro atoms. The number of nitrogen functional groups attached to an aromatic ring is 1. The highest BCUT2D eigenvalue weighted by atomic mass is 32.2. The average Bonchev–Trinajstić information content (AvgIpc) is 3.76. The number of tetrazole rings is 1. The number of pyridine rings is 1. The highest BCUT2D eigenvalue weighted by Crippen LogP contribution is 2.43. The van der Waals surface area contributed by atoms with E-state index >= 15 is 13.0 Å². The summed E-state index contributed by atoms with van der Waals surface area (Å²) in [5, 5.41) is 13.1. The monoisotopic (exact) mass is 908 g/mol. The molecule has 1 atom stereocenters. The summed E-state index contributed by atoms with van der Waals surface area (Å²) in [6, 6.07) is 28.3. The first-order valence-electron chi connectivity index (χ1n) is 20.6. The summed E-state index contributed by atoms with van der Waals surface area (Å²) in [4.78, 5) is 20.2. The van der Waals surface area contributed by atoms with Crippen LogP contribution in [0.3, 0.4) is 0 Å². The van der Waals surface area contributed by atoms with Gasteiger partial charge in [-0.15, -0.1) is 10.2 Å². The minimum Gasteiger partial charge on any atom is -0.611 e. The average molecular weight is 909 g/mol. The molecule has 2 N–H and O–H groups in total. The van der Waals surface area contributed by atoms with Crippen LogP contribution in [0.25, 0.3) is 22.5 Å². The number of aromatic nitrogens is 5. The molecule has 1 fully saturated rings. The minimum atomic E-state index is -4.65. The van der Waals surface area contributed by atoms with Crippen LogP contribution < -0.4 is 19.9 Å². The Balaban J connectivity index is 1.40. The molecule has 1 aliphatic rings. The highest BCUT2D eigenvalue weighted by molar-refractivity contribution is 7.94. The zero-order valence-electron chi connectivity index (χ0n) is 36.6. The van der Waals surface area contributed by atoms with Gasteiger partial charge in [0.05, 0.1) is 33.4 Å². The number of piperidine rings is 1. The van der Waals surface area contributed by atoms with Gasteiger partial charge in [-0.3, -0.25) is 0 Å². The lowest BCUT2D eigenvalue weighted by molar-refractivity contribution is 0.0217. The summed E-state index contributed by atoms with van der Waals surface area (Å²) in [6.45, 7) is 6.03. The van der Waals surface area contributed by atoms with Gasteiger partial charge < -0.3 is 34.1 Å². The normalized spacial score (nSPS) is 14.0. The van der Waals surface area contributed by atoms with E-state index in [1.807, 2.05) is 24.3 Å². The zero-order valence-corrected chi connectivity index (χ0v) is 38.3. The van der Waals surface area contributed by atoms with Crippen LogP contribution in [0.5, 0.6) is 17.2 Å². The van der Waals surface area contributed by atoms with E-state index in [1.165, 1.54) is 9.10 Å². The first-order valence-corrected chi connectivity index (χ1v) is 23.3. The molecule has 1 saturated heterocycles. The number of amides is 1. The second kappa shape index (κ2) is 19.7. The number of carbonyl (C=O) groups excluding carboxylic acids is 1. The fourth-order valence-corrected chi connectivity index (χ4v) is 11.0. The van der Waals surface area contributed by atoms with Crippen LogP contribution in [0.15, 0.2) is 113 Å². The number of methoxy groups -OCH3 is 3. The van der Waals surface area contributed by atoms with E-state index in [9.17, 15) is 4.79 Å².